The number of hydrogen-bond acceptors (Lipinski definition) is 1. The molecule has 2 rings (SSSR count). The van der Waals surface area contributed by atoms with Crippen molar-refractivity contribution in [1.82, 2.24) is 0 Å². The predicted molar refractivity (Wildman–Crippen MR) is 68.2 cm³/mol. The fourth-order valence-electron chi connectivity index (χ4n) is 1.93. The van der Waals surface area contributed by atoms with Crippen molar-refractivity contribution in [2.24, 2.45) is 11.7 Å². The minimum absolute atomic E-state index is 0.379. The quantitative estimate of drug-likeness (QED) is 0.854. The summed E-state index contributed by atoms with van der Waals surface area (Å²) in [6.07, 6.45) is 5.10. The van der Waals surface area contributed by atoms with Crippen LogP contribution in [0.25, 0.3) is 0 Å². The van der Waals surface area contributed by atoms with Crippen LogP contribution < -0.4 is 5.73 Å². The minimum Gasteiger partial charge on any atom is -0.327 e. The summed E-state index contributed by atoms with van der Waals surface area (Å²) in [5.74, 6) is 0.786. The van der Waals surface area contributed by atoms with Crippen molar-refractivity contribution >= 4 is 22.6 Å². The zero-order valence-electron chi connectivity index (χ0n) is 8.25. The highest BCUT2D eigenvalue weighted by molar-refractivity contribution is 14.1. The molecule has 0 aliphatic heterocycles. The SMILES string of the molecule is NC(Cc1ccc(I)cc1)C1CCC1. The van der Waals surface area contributed by atoms with Crippen LogP contribution in [0, 0.1) is 9.49 Å². The Balaban J connectivity index is 1.92. The van der Waals surface area contributed by atoms with Gasteiger partial charge in [0.2, 0.25) is 0 Å². The Morgan fingerprint density at radius 3 is 2.43 bits per heavy atom. The number of benzene rings is 1. The smallest absolute Gasteiger partial charge is 0.0130 e. The summed E-state index contributed by atoms with van der Waals surface area (Å²) < 4.78 is 1.29. The molecular formula is C12H16IN. The molecule has 2 N–H and O–H groups in total. The van der Waals surface area contributed by atoms with E-state index in [9.17, 15) is 0 Å². The van der Waals surface area contributed by atoms with Crippen molar-refractivity contribution in [3.05, 3.63) is 33.4 Å². The summed E-state index contributed by atoms with van der Waals surface area (Å²) in [5, 5.41) is 0. The number of hydrogen-bond donors (Lipinski definition) is 1. The molecule has 0 spiro atoms. The molecule has 2 heteroatoms. The lowest BCUT2D eigenvalue weighted by atomic mass is 9.78. The highest BCUT2D eigenvalue weighted by Gasteiger charge is 2.24. The maximum atomic E-state index is 6.15. The van der Waals surface area contributed by atoms with Gasteiger partial charge in [0.05, 0.1) is 0 Å². The van der Waals surface area contributed by atoms with Crippen molar-refractivity contribution < 1.29 is 0 Å². The van der Waals surface area contributed by atoms with Gasteiger partial charge in [-0.25, -0.2) is 0 Å². The van der Waals surface area contributed by atoms with Crippen LogP contribution in [-0.2, 0) is 6.42 Å². The van der Waals surface area contributed by atoms with Gasteiger partial charge in [-0.3, -0.25) is 0 Å². The van der Waals surface area contributed by atoms with Crippen LogP contribution >= 0.6 is 22.6 Å². The van der Waals surface area contributed by atoms with Gasteiger partial charge in [-0.05, 0) is 65.5 Å². The van der Waals surface area contributed by atoms with Crippen LogP contribution in [0.1, 0.15) is 24.8 Å². The lowest BCUT2D eigenvalue weighted by molar-refractivity contribution is 0.260. The molecule has 0 amide bonds. The molecule has 1 aromatic rings. The van der Waals surface area contributed by atoms with Crippen molar-refractivity contribution in [3.63, 3.8) is 0 Å². The van der Waals surface area contributed by atoms with Gasteiger partial charge in [0.1, 0.15) is 0 Å². The number of nitrogens with two attached hydrogens (primary N) is 1. The number of halogens is 1. The molecule has 1 atom stereocenters. The normalized spacial score (nSPS) is 19.0. The largest absolute Gasteiger partial charge is 0.327 e. The van der Waals surface area contributed by atoms with Crippen molar-refractivity contribution in [3.8, 4) is 0 Å². The molecule has 0 bridgehead atoms. The van der Waals surface area contributed by atoms with E-state index < -0.39 is 0 Å². The second-order valence-electron chi connectivity index (χ2n) is 4.19. The fourth-order valence-corrected chi connectivity index (χ4v) is 2.29. The Bertz CT molecular complexity index is 290. The molecule has 0 aromatic heterocycles. The Hall–Kier alpha value is -0.0900. The zero-order valence-corrected chi connectivity index (χ0v) is 10.4. The zero-order chi connectivity index (χ0) is 9.97. The highest BCUT2D eigenvalue weighted by atomic mass is 127. The third kappa shape index (κ3) is 2.48. The Kier molecular flexibility index (Phi) is 3.44. The minimum atomic E-state index is 0.379. The average Bonchev–Trinajstić information content (AvgIpc) is 2.06. The lowest BCUT2D eigenvalue weighted by Crippen LogP contribution is -2.36. The number of rotatable bonds is 3. The van der Waals surface area contributed by atoms with Gasteiger partial charge in [-0.15, -0.1) is 0 Å². The van der Waals surface area contributed by atoms with E-state index in [-0.39, 0.29) is 0 Å². The monoisotopic (exact) mass is 301 g/mol. The predicted octanol–water partition coefficient (Wildman–Crippen LogP) is 2.96. The van der Waals surface area contributed by atoms with Crippen LogP contribution in [0.3, 0.4) is 0 Å². The molecule has 76 valence electrons. The molecule has 0 radical (unpaired) electrons. The van der Waals surface area contributed by atoms with Crippen LogP contribution in [-0.4, -0.2) is 6.04 Å². The Morgan fingerprint density at radius 2 is 1.93 bits per heavy atom. The lowest BCUT2D eigenvalue weighted by Gasteiger charge is -2.31. The van der Waals surface area contributed by atoms with Crippen LogP contribution in [0.4, 0.5) is 0 Å². The summed E-state index contributed by atoms with van der Waals surface area (Å²) in [6, 6.07) is 9.08. The van der Waals surface area contributed by atoms with Gasteiger partial charge in [0.25, 0.3) is 0 Å². The van der Waals surface area contributed by atoms with Crippen molar-refractivity contribution in [2.45, 2.75) is 31.7 Å². The van der Waals surface area contributed by atoms with Gasteiger partial charge < -0.3 is 5.73 Å². The molecule has 1 saturated carbocycles. The van der Waals surface area contributed by atoms with Gasteiger partial charge >= 0.3 is 0 Å². The van der Waals surface area contributed by atoms with E-state index in [2.05, 4.69) is 46.9 Å². The van der Waals surface area contributed by atoms with Crippen molar-refractivity contribution in [1.29, 1.82) is 0 Å². The Morgan fingerprint density at radius 1 is 1.29 bits per heavy atom. The van der Waals surface area contributed by atoms with E-state index in [1.54, 1.807) is 0 Å². The second-order valence-corrected chi connectivity index (χ2v) is 5.43. The molecule has 1 aliphatic rings. The van der Waals surface area contributed by atoms with Crippen LogP contribution in [0.5, 0.6) is 0 Å². The molecule has 1 unspecified atom stereocenters. The maximum Gasteiger partial charge on any atom is 0.0130 e. The van der Waals surface area contributed by atoms with Crippen LogP contribution in [0.15, 0.2) is 24.3 Å². The van der Waals surface area contributed by atoms with E-state index >= 15 is 0 Å². The van der Waals surface area contributed by atoms with E-state index in [0.717, 1.165) is 12.3 Å². The van der Waals surface area contributed by atoms with Gasteiger partial charge in [0, 0.05) is 9.61 Å². The molecular weight excluding hydrogens is 285 g/mol. The first-order chi connectivity index (χ1) is 6.75. The van der Waals surface area contributed by atoms with E-state index in [1.807, 2.05) is 0 Å². The molecule has 0 saturated heterocycles. The van der Waals surface area contributed by atoms with Crippen LogP contribution in [0.2, 0.25) is 0 Å². The van der Waals surface area contributed by atoms with Gasteiger partial charge in [-0.1, -0.05) is 18.6 Å². The fraction of sp³-hybridized carbons (Fsp3) is 0.500. The summed E-state index contributed by atoms with van der Waals surface area (Å²) in [7, 11) is 0. The highest BCUT2D eigenvalue weighted by Crippen LogP contribution is 2.29. The summed E-state index contributed by atoms with van der Waals surface area (Å²) >= 11 is 2.33. The standard InChI is InChI=1S/C12H16IN/c13-11-6-4-9(5-7-11)8-12(14)10-2-1-3-10/h4-7,10,12H,1-3,8,14H2. The summed E-state index contributed by atoms with van der Waals surface area (Å²) in [5.41, 5.74) is 7.53. The Labute approximate surface area is 99.2 Å². The second kappa shape index (κ2) is 4.62. The molecule has 1 fully saturated rings. The summed E-state index contributed by atoms with van der Waals surface area (Å²) in [6.45, 7) is 0. The van der Waals surface area contributed by atoms with Gasteiger partial charge in [0.15, 0.2) is 0 Å². The van der Waals surface area contributed by atoms with E-state index in [0.29, 0.717) is 6.04 Å². The van der Waals surface area contributed by atoms with E-state index in [1.165, 1.54) is 28.4 Å². The topological polar surface area (TPSA) is 26.0 Å². The first-order valence-electron chi connectivity index (χ1n) is 5.26. The van der Waals surface area contributed by atoms with E-state index in [4.69, 9.17) is 5.73 Å². The molecule has 14 heavy (non-hydrogen) atoms. The first-order valence-corrected chi connectivity index (χ1v) is 6.33. The third-order valence-electron chi connectivity index (χ3n) is 3.14. The molecule has 1 aromatic carbocycles. The average molecular weight is 301 g/mol. The molecule has 1 nitrogen and oxygen atoms in total. The van der Waals surface area contributed by atoms with Gasteiger partial charge in [-0.2, -0.15) is 0 Å². The van der Waals surface area contributed by atoms with Crippen molar-refractivity contribution in [2.75, 3.05) is 0 Å². The first kappa shape index (κ1) is 10.4. The summed E-state index contributed by atoms with van der Waals surface area (Å²) in [4.78, 5) is 0. The third-order valence-corrected chi connectivity index (χ3v) is 3.86. The maximum absolute atomic E-state index is 6.15. The molecule has 1 aliphatic carbocycles. The molecule has 0 heterocycles.